The van der Waals surface area contributed by atoms with Crippen LogP contribution in [0.25, 0.3) is 44.5 Å². The van der Waals surface area contributed by atoms with Crippen LogP contribution >= 0.6 is 0 Å². The number of nitrogen functional groups attached to an aromatic ring is 1. The monoisotopic (exact) mass is 563 g/mol. The number of aromatic nitrogens is 3. The molecule has 210 valence electrons. The maximum atomic E-state index is 14.4. The van der Waals surface area contributed by atoms with E-state index < -0.39 is 17.6 Å². The molecule has 0 radical (unpaired) electrons. The summed E-state index contributed by atoms with van der Waals surface area (Å²) < 4.78 is 66.9. The van der Waals surface area contributed by atoms with Gasteiger partial charge in [0, 0.05) is 36.5 Å². The lowest BCUT2D eigenvalue weighted by atomic mass is 9.88. The number of pyridine rings is 1. The number of hydrogen-bond donors (Lipinski definition) is 1. The zero-order valence-electron chi connectivity index (χ0n) is 22.5. The molecule has 11 heteroatoms. The minimum absolute atomic E-state index is 0.00613. The van der Waals surface area contributed by atoms with Gasteiger partial charge >= 0.3 is 6.18 Å². The third-order valence-electron chi connectivity index (χ3n) is 6.70. The van der Waals surface area contributed by atoms with E-state index in [9.17, 15) is 17.6 Å². The SMILES string of the molecule is COc1ccc(-c2c(-c3ccc(N(C)C)cc3)nc3ncnc(N)c3c2-c2ccc(F)c(C(F)(F)F)c2)cc1OC. The van der Waals surface area contributed by atoms with Gasteiger partial charge in [0.15, 0.2) is 17.1 Å². The van der Waals surface area contributed by atoms with Crippen LogP contribution in [0.5, 0.6) is 11.5 Å². The van der Waals surface area contributed by atoms with Gasteiger partial charge in [0.25, 0.3) is 0 Å². The summed E-state index contributed by atoms with van der Waals surface area (Å²) in [5.41, 5.74) is 8.36. The van der Waals surface area contributed by atoms with E-state index in [-0.39, 0.29) is 28.0 Å². The van der Waals surface area contributed by atoms with Gasteiger partial charge < -0.3 is 20.1 Å². The second kappa shape index (κ2) is 10.6. The van der Waals surface area contributed by atoms with Crippen LogP contribution in [0.4, 0.5) is 29.1 Å². The molecule has 2 heterocycles. The Balaban J connectivity index is 1.96. The van der Waals surface area contributed by atoms with Gasteiger partial charge in [-0.15, -0.1) is 0 Å². The molecule has 2 N–H and O–H groups in total. The summed E-state index contributed by atoms with van der Waals surface area (Å²) in [6, 6.07) is 15.4. The zero-order valence-corrected chi connectivity index (χ0v) is 22.5. The van der Waals surface area contributed by atoms with Gasteiger partial charge in [-0.3, -0.25) is 0 Å². The number of halogens is 4. The maximum Gasteiger partial charge on any atom is 0.419 e. The molecular formula is C30H25F4N5O2. The highest BCUT2D eigenvalue weighted by atomic mass is 19.4. The van der Waals surface area contributed by atoms with Crippen LogP contribution in [0.2, 0.25) is 0 Å². The molecule has 3 aromatic carbocycles. The molecule has 0 unspecified atom stereocenters. The van der Waals surface area contributed by atoms with Crippen molar-refractivity contribution in [2.75, 3.05) is 38.9 Å². The van der Waals surface area contributed by atoms with Crippen molar-refractivity contribution in [2.45, 2.75) is 6.18 Å². The summed E-state index contributed by atoms with van der Waals surface area (Å²) in [6.45, 7) is 0. The fraction of sp³-hybridized carbons (Fsp3) is 0.167. The Kier molecular flexibility index (Phi) is 7.12. The van der Waals surface area contributed by atoms with E-state index in [1.165, 1.54) is 26.6 Å². The van der Waals surface area contributed by atoms with Crippen LogP contribution in [0, 0.1) is 5.82 Å². The van der Waals surface area contributed by atoms with Gasteiger partial charge in [-0.2, -0.15) is 13.2 Å². The Morgan fingerprint density at radius 1 is 0.780 bits per heavy atom. The van der Waals surface area contributed by atoms with E-state index >= 15 is 0 Å². The molecule has 5 aromatic rings. The van der Waals surface area contributed by atoms with Crippen LogP contribution < -0.4 is 20.1 Å². The number of hydrogen-bond acceptors (Lipinski definition) is 7. The van der Waals surface area contributed by atoms with Gasteiger partial charge in [0.1, 0.15) is 18.0 Å². The van der Waals surface area contributed by atoms with Crippen molar-refractivity contribution in [1.82, 2.24) is 15.0 Å². The van der Waals surface area contributed by atoms with Crippen molar-refractivity contribution in [3.05, 3.63) is 78.4 Å². The third kappa shape index (κ3) is 5.06. The van der Waals surface area contributed by atoms with Crippen molar-refractivity contribution in [2.24, 2.45) is 0 Å². The highest BCUT2D eigenvalue weighted by molar-refractivity contribution is 6.09. The quantitative estimate of drug-likeness (QED) is 0.226. The lowest BCUT2D eigenvalue weighted by molar-refractivity contribution is -0.139. The van der Waals surface area contributed by atoms with Crippen LogP contribution in [0.1, 0.15) is 5.56 Å². The number of nitrogens with two attached hydrogens (primary N) is 1. The van der Waals surface area contributed by atoms with Crippen LogP contribution in [0.15, 0.2) is 67.0 Å². The molecule has 0 fully saturated rings. The van der Waals surface area contributed by atoms with Crippen LogP contribution in [-0.2, 0) is 6.18 Å². The number of anilines is 2. The third-order valence-corrected chi connectivity index (χ3v) is 6.70. The molecule has 5 rings (SSSR count). The topological polar surface area (TPSA) is 86.4 Å². The number of methoxy groups -OCH3 is 2. The standard InChI is InChI=1S/C30H25F4N5O2/c1-39(2)19-9-5-16(6-10-19)27-25(18-8-12-22(40-3)23(14-18)41-4)24(26-28(35)36-15-37-29(26)38-27)17-7-11-21(31)20(13-17)30(32,33)34/h5-15H,1-4H3,(H2,35,36,37,38). The average Bonchev–Trinajstić information content (AvgIpc) is 2.95. The molecule has 0 bridgehead atoms. The number of benzene rings is 3. The van der Waals surface area contributed by atoms with Crippen LogP contribution in [-0.4, -0.2) is 43.3 Å². The van der Waals surface area contributed by atoms with E-state index in [2.05, 4.69) is 9.97 Å². The largest absolute Gasteiger partial charge is 0.493 e. The minimum atomic E-state index is -4.93. The first-order chi connectivity index (χ1) is 19.5. The molecule has 0 spiro atoms. The van der Waals surface area contributed by atoms with Crippen molar-refractivity contribution >= 4 is 22.5 Å². The summed E-state index contributed by atoms with van der Waals surface area (Å²) in [6.07, 6.45) is -3.70. The Morgan fingerprint density at radius 3 is 2.05 bits per heavy atom. The predicted molar refractivity (Wildman–Crippen MR) is 150 cm³/mol. The van der Waals surface area contributed by atoms with E-state index in [0.29, 0.717) is 33.9 Å². The maximum absolute atomic E-state index is 14.4. The highest BCUT2D eigenvalue weighted by Gasteiger charge is 2.35. The second-order valence-electron chi connectivity index (χ2n) is 9.37. The van der Waals surface area contributed by atoms with E-state index in [0.717, 1.165) is 17.8 Å². The molecule has 0 saturated heterocycles. The van der Waals surface area contributed by atoms with E-state index in [1.54, 1.807) is 18.2 Å². The Labute approximate surface area is 233 Å². The fourth-order valence-corrected chi connectivity index (χ4v) is 4.71. The van der Waals surface area contributed by atoms with Gasteiger partial charge in [-0.1, -0.05) is 24.3 Å². The van der Waals surface area contributed by atoms with Crippen molar-refractivity contribution in [3.8, 4) is 45.0 Å². The fourth-order valence-electron chi connectivity index (χ4n) is 4.71. The highest BCUT2D eigenvalue weighted by Crippen LogP contribution is 2.47. The molecular weight excluding hydrogens is 538 g/mol. The lowest BCUT2D eigenvalue weighted by Crippen LogP contribution is -2.09. The van der Waals surface area contributed by atoms with Gasteiger partial charge in [-0.25, -0.2) is 19.3 Å². The first-order valence-electron chi connectivity index (χ1n) is 12.3. The molecule has 0 aliphatic rings. The molecule has 0 aliphatic carbocycles. The lowest BCUT2D eigenvalue weighted by Gasteiger charge is -2.21. The van der Waals surface area contributed by atoms with Crippen molar-refractivity contribution in [3.63, 3.8) is 0 Å². The molecule has 0 aliphatic heterocycles. The zero-order chi connectivity index (χ0) is 29.5. The molecule has 0 saturated carbocycles. The van der Waals surface area contributed by atoms with Gasteiger partial charge in [-0.05, 0) is 47.5 Å². The number of nitrogens with zero attached hydrogens (tertiary/aromatic N) is 4. The number of ether oxygens (including phenoxy) is 2. The van der Waals surface area contributed by atoms with Crippen LogP contribution in [0.3, 0.4) is 0 Å². The first kappa shape index (κ1) is 27.6. The smallest absolute Gasteiger partial charge is 0.419 e. The number of alkyl halides is 3. The first-order valence-corrected chi connectivity index (χ1v) is 12.3. The predicted octanol–water partition coefficient (Wildman–Crippen LogP) is 6.85. The Bertz CT molecular complexity index is 1760. The van der Waals surface area contributed by atoms with Crippen molar-refractivity contribution in [1.29, 1.82) is 0 Å². The summed E-state index contributed by atoms with van der Waals surface area (Å²) in [5, 5.41) is 0.227. The van der Waals surface area contributed by atoms with Gasteiger partial charge in [0.2, 0.25) is 0 Å². The molecule has 41 heavy (non-hydrogen) atoms. The summed E-state index contributed by atoms with van der Waals surface area (Å²) in [4.78, 5) is 15.1. The molecule has 0 atom stereocenters. The number of rotatable bonds is 6. The van der Waals surface area contributed by atoms with Crippen molar-refractivity contribution < 1.29 is 27.0 Å². The summed E-state index contributed by atoms with van der Waals surface area (Å²) in [5.74, 6) is -0.549. The van der Waals surface area contributed by atoms with E-state index in [1.807, 2.05) is 43.3 Å². The molecule has 0 amide bonds. The Hall–Kier alpha value is -4.93. The van der Waals surface area contributed by atoms with E-state index in [4.69, 9.17) is 20.2 Å². The summed E-state index contributed by atoms with van der Waals surface area (Å²) in [7, 11) is 6.78. The molecule has 2 aromatic heterocycles. The number of fused-ring (bicyclic) bond motifs is 1. The average molecular weight is 564 g/mol. The van der Waals surface area contributed by atoms with Gasteiger partial charge in [0.05, 0.1) is 30.9 Å². The molecule has 7 nitrogen and oxygen atoms in total. The summed E-state index contributed by atoms with van der Waals surface area (Å²) >= 11 is 0. The Morgan fingerprint density at radius 2 is 1.41 bits per heavy atom. The minimum Gasteiger partial charge on any atom is -0.493 e. The second-order valence-corrected chi connectivity index (χ2v) is 9.37. The normalized spacial score (nSPS) is 11.5.